The largest absolute Gasteiger partial charge is 0.460 e. The summed E-state index contributed by atoms with van der Waals surface area (Å²) in [6.07, 6.45) is 7.49. The van der Waals surface area contributed by atoms with Crippen molar-refractivity contribution in [1.29, 1.82) is 0 Å². The van der Waals surface area contributed by atoms with E-state index in [1.165, 1.54) is 24.5 Å². The van der Waals surface area contributed by atoms with Gasteiger partial charge >= 0.3 is 5.97 Å². The molecule has 1 N–H and O–H groups in total. The van der Waals surface area contributed by atoms with E-state index in [4.69, 9.17) is 9.15 Å². The van der Waals surface area contributed by atoms with Crippen molar-refractivity contribution in [2.75, 3.05) is 13.2 Å². The van der Waals surface area contributed by atoms with E-state index in [9.17, 15) is 13.2 Å². The second-order valence-corrected chi connectivity index (χ2v) is 8.46. The number of allylic oxidation sites excluding steroid dienone is 1. The second-order valence-electron chi connectivity index (χ2n) is 6.69. The Morgan fingerprint density at radius 1 is 1.30 bits per heavy atom. The fourth-order valence-electron chi connectivity index (χ4n) is 3.32. The van der Waals surface area contributed by atoms with Gasteiger partial charge in [0.1, 0.15) is 5.58 Å². The number of sulfonamides is 1. The number of esters is 1. The van der Waals surface area contributed by atoms with Gasteiger partial charge in [0.05, 0.1) is 11.5 Å². The van der Waals surface area contributed by atoms with Gasteiger partial charge in [-0.3, -0.25) is 0 Å². The Morgan fingerprint density at radius 2 is 2.11 bits per heavy atom. The van der Waals surface area contributed by atoms with Crippen molar-refractivity contribution in [3.63, 3.8) is 0 Å². The quantitative estimate of drug-likeness (QED) is 0.568. The molecule has 146 valence electrons. The van der Waals surface area contributed by atoms with Crippen LogP contribution >= 0.6 is 0 Å². The van der Waals surface area contributed by atoms with Gasteiger partial charge in [-0.15, -0.1) is 0 Å². The van der Waals surface area contributed by atoms with E-state index in [1.807, 2.05) is 0 Å². The highest BCUT2D eigenvalue weighted by atomic mass is 32.2. The van der Waals surface area contributed by atoms with Gasteiger partial charge in [0.15, 0.2) is 0 Å². The molecule has 0 fully saturated rings. The van der Waals surface area contributed by atoms with Crippen LogP contribution in [0.5, 0.6) is 0 Å². The first-order chi connectivity index (χ1) is 12.9. The van der Waals surface area contributed by atoms with Crippen LogP contribution in [-0.2, 0) is 14.8 Å². The Kier molecular flexibility index (Phi) is 6.01. The van der Waals surface area contributed by atoms with E-state index in [2.05, 4.69) is 10.8 Å². The average Bonchev–Trinajstić information content (AvgIpc) is 2.99. The van der Waals surface area contributed by atoms with Crippen LogP contribution in [-0.4, -0.2) is 27.5 Å². The number of nitrogens with one attached hydrogen (secondary N) is 1. The summed E-state index contributed by atoms with van der Waals surface area (Å²) in [4.78, 5) is 12.1. The van der Waals surface area contributed by atoms with Crippen LogP contribution in [0.1, 0.15) is 55.1 Å². The highest BCUT2D eigenvalue weighted by Gasteiger charge is 2.21. The zero-order valence-electron chi connectivity index (χ0n) is 15.7. The topological polar surface area (TPSA) is 85.6 Å². The van der Waals surface area contributed by atoms with E-state index in [0.717, 1.165) is 19.3 Å². The van der Waals surface area contributed by atoms with Gasteiger partial charge in [0, 0.05) is 17.5 Å². The van der Waals surface area contributed by atoms with E-state index >= 15 is 0 Å². The standard InChI is InChI=1S/C20H25NO5S/c1-3-25-20(22)19-14(2)17-13-16(9-10-18(17)26-19)27(23,24)21-12-11-15-7-5-4-6-8-15/h7,9-10,13,21H,3-6,8,11-12H2,1-2H3. The van der Waals surface area contributed by atoms with E-state index in [-0.39, 0.29) is 17.3 Å². The predicted octanol–water partition coefficient (Wildman–Crippen LogP) is 4.09. The molecule has 0 saturated carbocycles. The number of carbonyl (C=O) groups excluding carboxylic acids is 1. The number of furan rings is 1. The number of hydrogen-bond donors (Lipinski definition) is 1. The summed E-state index contributed by atoms with van der Waals surface area (Å²) in [5, 5.41) is 0.593. The highest BCUT2D eigenvalue weighted by molar-refractivity contribution is 7.89. The molecule has 0 amide bonds. The molecule has 27 heavy (non-hydrogen) atoms. The van der Waals surface area contributed by atoms with Gasteiger partial charge in [0.2, 0.25) is 15.8 Å². The monoisotopic (exact) mass is 391 g/mol. The maximum atomic E-state index is 12.6. The number of rotatable bonds is 7. The third-order valence-electron chi connectivity index (χ3n) is 4.80. The fourth-order valence-corrected chi connectivity index (χ4v) is 4.38. The molecule has 6 nitrogen and oxygen atoms in total. The molecular weight excluding hydrogens is 366 g/mol. The molecule has 1 aliphatic rings. The van der Waals surface area contributed by atoms with Crippen molar-refractivity contribution in [3.05, 3.63) is 41.2 Å². The smallest absolute Gasteiger partial charge is 0.374 e. The summed E-state index contributed by atoms with van der Waals surface area (Å²) in [7, 11) is -3.63. The molecule has 7 heteroatoms. The molecule has 0 atom stereocenters. The number of benzene rings is 1. The molecule has 1 aliphatic carbocycles. The predicted molar refractivity (Wildman–Crippen MR) is 103 cm³/mol. The average molecular weight is 391 g/mol. The Bertz CT molecular complexity index is 972. The Morgan fingerprint density at radius 3 is 2.81 bits per heavy atom. The Hall–Kier alpha value is -2.12. The first-order valence-electron chi connectivity index (χ1n) is 9.30. The fraction of sp³-hybridized carbons (Fsp3) is 0.450. The summed E-state index contributed by atoms with van der Waals surface area (Å²) in [5.74, 6) is -0.437. The van der Waals surface area contributed by atoms with Gasteiger partial charge in [0.25, 0.3) is 0 Å². The molecule has 0 aliphatic heterocycles. The maximum absolute atomic E-state index is 12.6. The third kappa shape index (κ3) is 4.42. The van der Waals surface area contributed by atoms with Gasteiger partial charge in [-0.05, 0) is 64.2 Å². The van der Waals surface area contributed by atoms with Crippen molar-refractivity contribution >= 4 is 27.0 Å². The molecule has 0 saturated heterocycles. The summed E-state index contributed by atoms with van der Waals surface area (Å²) in [6.45, 7) is 4.06. The summed E-state index contributed by atoms with van der Waals surface area (Å²) >= 11 is 0. The lowest BCUT2D eigenvalue weighted by Gasteiger charge is -2.13. The lowest BCUT2D eigenvalue weighted by Crippen LogP contribution is -2.25. The van der Waals surface area contributed by atoms with Crippen LogP contribution in [0.3, 0.4) is 0 Å². The zero-order valence-corrected chi connectivity index (χ0v) is 16.5. The normalized spacial score (nSPS) is 15.0. The van der Waals surface area contributed by atoms with Crippen molar-refractivity contribution in [3.8, 4) is 0 Å². The molecule has 2 aromatic rings. The van der Waals surface area contributed by atoms with E-state index in [0.29, 0.717) is 23.1 Å². The Labute approximate surface area is 159 Å². The minimum atomic E-state index is -3.63. The molecule has 0 radical (unpaired) electrons. The van der Waals surface area contributed by atoms with Gasteiger partial charge in [-0.1, -0.05) is 11.6 Å². The molecule has 0 unspecified atom stereocenters. The number of aryl methyl sites for hydroxylation is 1. The minimum Gasteiger partial charge on any atom is -0.460 e. The zero-order chi connectivity index (χ0) is 19.4. The van der Waals surface area contributed by atoms with E-state index < -0.39 is 16.0 Å². The van der Waals surface area contributed by atoms with Gasteiger partial charge < -0.3 is 9.15 Å². The van der Waals surface area contributed by atoms with Crippen LogP contribution in [0, 0.1) is 6.92 Å². The molecular formula is C20H25NO5S. The molecule has 1 heterocycles. The first kappa shape index (κ1) is 19.6. The molecule has 0 spiro atoms. The highest BCUT2D eigenvalue weighted by Crippen LogP contribution is 2.28. The summed E-state index contributed by atoms with van der Waals surface area (Å²) in [5.41, 5.74) is 2.36. The van der Waals surface area contributed by atoms with Crippen LogP contribution in [0.2, 0.25) is 0 Å². The second kappa shape index (κ2) is 8.27. The number of hydrogen-bond acceptors (Lipinski definition) is 5. The third-order valence-corrected chi connectivity index (χ3v) is 6.26. The molecule has 3 rings (SSSR count). The maximum Gasteiger partial charge on any atom is 0.374 e. The van der Waals surface area contributed by atoms with Crippen molar-refractivity contribution in [2.45, 2.75) is 50.8 Å². The molecule has 0 bridgehead atoms. The Balaban J connectivity index is 1.77. The molecule has 1 aromatic carbocycles. The summed E-state index contributed by atoms with van der Waals surface area (Å²) < 4.78 is 38.4. The van der Waals surface area contributed by atoms with Gasteiger partial charge in [-0.25, -0.2) is 17.9 Å². The first-order valence-corrected chi connectivity index (χ1v) is 10.8. The lowest BCUT2D eigenvalue weighted by atomic mass is 9.97. The SMILES string of the molecule is CCOC(=O)c1oc2ccc(S(=O)(=O)NCCC3=CCCCC3)cc2c1C. The van der Waals surface area contributed by atoms with Crippen molar-refractivity contribution < 1.29 is 22.4 Å². The molecule has 1 aromatic heterocycles. The van der Waals surface area contributed by atoms with Crippen LogP contribution in [0.15, 0.2) is 39.2 Å². The number of carbonyl (C=O) groups is 1. The van der Waals surface area contributed by atoms with Crippen LogP contribution in [0.4, 0.5) is 0 Å². The van der Waals surface area contributed by atoms with Crippen molar-refractivity contribution in [1.82, 2.24) is 4.72 Å². The lowest BCUT2D eigenvalue weighted by molar-refractivity contribution is 0.0491. The van der Waals surface area contributed by atoms with E-state index in [1.54, 1.807) is 26.0 Å². The number of ether oxygens (including phenoxy) is 1. The minimum absolute atomic E-state index is 0.110. The van der Waals surface area contributed by atoms with Crippen LogP contribution in [0.25, 0.3) is 11.0 Å². The number of fused-ring (bicyclic) bond motifs is 1. The summed E-state index contributed by atoms with van der Waals surface area (Å²) in [6, 6.07) is 4.60. The van der Waals surface area contributed by atoms with Crippen LogP contribution < -0.4 is 4.72 Å². The van der Waals surface area contributed by atoms with Crippen molar-refractivity contribution in [2.24, 2.45) is 0 Å². The van der Waals surface area contributed by atoms with Gasteiger partial charge in [-0.2, -0.15) is 0 Å².